The Labute approximate surface area is 121 Å². The Morgan fingerprint density at radius 1 is 1.35 bits per heavy atom. The van der Waals surface area contributed by atoms with Gasteiger partial charge in [-0.05, 0) is 32.0 Å². The van der Waals surface area contributed by atoms with Crippen LogP contribution in [0.1, 0.15) is 18.4 Å². The number of hydrogen-bond donors (Lipinski definition) is 2. The van der Waals surface area contributed by atoms with Crippen molar-refractivity contribution >= 4 is 0 Å². The Morgan fingerprint density at radius 2 is 2.10 bits per heavy atom. The largest absolute Gasteiger partial charge is 0.392 e. The van der Waals surface area contributed by atoms with Gasteiger partial charge in [-0.2, -0.15) is 0 Å². The summed E-state index contributed by atoms with van der Waals surface area (Å²) in [5.74, 6) is 0. The van der Waals surface area contributed by atoms with Gasteiger partial charge in [0.2, 0.25) is 0 Å². The molecule has 1 aliphatic heterocycles. The van der Waals surface area contributed by atoms with Gasteiger partial charge in [-0.15, -0.1) is 0 Å². The van der Waals surface area contributed by atoms with E-state index in [0.29, 0.717) is 19.6 Å². The van der Waals surface area contributed by atoms with Crippen molar-refractivity contribution < 1.29 is 10.2 Å². The molecule has 2 atom stereocenters. The molecule has 0 saturated carbocycles. The van der Waals surface area contributed by atoms with Crippen LogP contribution in [0.5, 0.6) is 0 Å². The predicted molar refractivity (Wildman–Crippen MR) is 80.5 cm³/mol. The topological polar surface area (TPSA) is 46.9 Å². The zero-order chi connectivity index (χ0) is 14.4. The van der Waals surface area contributed by atoms with Crippen LogP contribution >= 0.6 is 0 Å². The molecule has 1 aromatic rings. The van der Waals surface area contributed by atoms with Crippen molar-refractivity contribution in [2.45, 2.75) is 31.6 Å². The van der Waals surface area contributed by atoms with Crippen LogP contribution in [-0.2, 0) is 6.54 Å². The van der Waals surface area contributed by atoms with Crippen LogP contribution in [-0.4, -0.2) is 65.4 Å². The Morgan fingerprint density at radius 3 is 2.80 bits per heavy atom. The molecule has 2 N–H and O–H groups in total. The van der Waals surface area contributed by atoms with Crippen molar-refractivity contribution in [3.63, 3.8) is 0 Å². The summed E-state index contributed by atoms with van der Waals surface area (Å²) in [6.45, 7) is 3.83. The molecule has 0 aliphatic carbocycles. The van der Waals surface area contributed by atoms with E-state index in [4.69, 9.17) is 0 Å². The van der Waals surface area contributed by atoms with Gasteiger partial charge in [-0.25, -0.2) is 0 Å². The van der Waals surface area contributed by atoms with Gasteiger partial charge in [-0.1, -0.05) is 30.3 Å². The summed E-state index contributed by atoms with van der Waals surface area (Å²) in [7, 11) is 2.03. The Bertz CT molecular complexity index is 385. The van der Waals surface area contributed by atoms with Crippen molar-refractivity contribution in [3.8, 4) is 0 Å². The SMILES string of the molecule is CN(Cc1ccccc1)C[C@H](O)CN1CCC[C@@H](O)C1. The summed E-state index contributed by atoms with van der Waals surface area (Å²) in [5, 5.41) is 19.8. The summed E-state index contributed by atoms with van der Waals surface area (Å²) in [6, 6.07) is 10.3. The number of benzene rings is 1. The molecule has 1 aromatic carbocycles. The standard InChI is InChI=1S/C16H26N2O2/c1-17(10-14-6-3-2-4-7-14)11-16(20)13-18-9-5-8-15(19)12-18/h2-4,6-7,15-16,19-20H,5,8-13H2,1H3/t15-,16+/m1/s1. The Kier molecular flexibility index (Phi) is 5.98. The first kappa shape index (κ1) is 15.4. The van der Waals surface area contributed by atoms with Gasteiger partial charge >= 0.3 is 0 Å². The number of β-amino-alcohol motifs (C(OH)–C–C–N with tert-alkyl or cyclic N) is 2. The smallest absolute Gasteiger partial charge is 0.0793 e. The Balaban J connectivity index is 1.72. The van der Waals surface area contributed by atoms with E-state index in [0.717, 1.165) is 25.9 Å². The zero-order valence-corrected chi connectivity index (χ0v) is 12.3. The van der Waals surface area contributed by atoms with Crippen molar-refractivity contribution in [2.75, 3.05) is 33.2 Å². The fourth-order valence-corrected chi connectivity index (χ4v) is 2.87. The van der Waals surface area contributed by atoms with E-state index in [2.05, 4.69) is 21.9 Å². The molecule has 1 heterocycles. The zero-order valence-electron chi connectivity index (χ0n) is 12.3. The average molecular weight is 278 g/mol. The molecule has 0 spiro atoms. The minimum Gasteiger partial charge on any atom is -0.392 e. The third kappa shape index (κ3) is 5.21. The molecule has 0 unspecified atom stereocenters. The lowest BCUT2D eigenvalue weighted by Crippen LogP contribution is -2.44. The van der Waals surface area contributed by atoms with Crippen LogP contribution in [0.3, 0.4) is 0 Å². The third-order valence-corrected chi connectivity index (χ3v) is 3.77. The quantitative estimate of drug-likeness (QED) is 0.813. The highest BCUT2D eigenvalue weighted by Crippen LogP contribution is 2.10. The molecule has 0 aromatic heterocycles. The van der Waals surface area contributed by atoms with Crippen molar-refractivity contribution in [3.05, 3.63) is 35.9 Å². The maximum absolute atomic E-state index is 10.2. The fraction of sp³-hybridized carbons (Fsp3) is 0.625. The number of aliphatic hydroxyl groups is 2. The van der Waals surface area contributed by atoms with E-state index in [9.17, 15) is 10.2 Å². The number of nitrogens with zero attached hydrogens (tertiary/aromatic N) is 2. The van der Waals surface area contributed by atoms with Crippen molar-refractivity contribution in [2.24, 2.45) is 0 Å². The molecule has 0 radical (unpaired) electrons. The number of aliphatic hydroxyl groups excluding tert-OH is 2. The van der Waals surface area contributed by atoms with E-state index in [-0.39, 0.29) is 12.2 Å². The van der Waals surface area contributed by atoms with Crippen LogP contribution in [0, 0.1) is 0 Å². The van der Waals surface area contributed by atoms with Gasteiger partial charge in [0.25, 0.3) is 0 Å². The predicted octanol–water partition coefficient (Wildman–Crippen LogP) is 0.936. The van der Waals surface area contributed by atoms with Gasteiger partial charge in [0.1, 0.15) is 0 Å². The molecule has 0 bridgehead atoms. The first-order valence-electron chi connectivity index (χ1n) is 7.44. The molecule has 2 rings (SSSR count). The van der Waals surface area contributed by atoms with Crippen LogP contribution in [0.25, 0.3) is 0 Å². The maximum Gasteiger partial charge on any atom is 0.0793 e. The second-order valence-corrected chi connectivity index (χ2v) is 5.89. The summed E-state index contributed by atoms with van der Waals surface area (Å²) >= 11 is 0. The van der Waals surface area contributed by atoms with Crippen LogP contribution < -0.4 is 0 Å². The first-order valence-corrected chi connectivity index (χ1v) is 7.44. The number of likely N-dealkylation sites (N-methyl/N-ethyl adjacent to an activating group) is 1. The number of piperidine rings is 1. The molecule has 1 aliphatic rings. The van der Waals surface area contributed by atoms with Gasteiger partial charge in [0, 0.05) is 26.2 Å². The van der Waals surface area contributed by atoms with Crippen molar-refractivity contribution in [1.82, 2.24) is 9.80 Å². The molecule has 20 heavy (non-hydrogen) atoms. The van der Waals surface area contributed by atoms with E-state index in [1.165, 1.54) is 5.56 Å². The van der Waals surface area contributed by atoms with Gasteiger partial charge in [0.15, 0.2) is 0 Å². The van der Waals surface area contributed by atoms with E-state index < -0.39 is 0 Å². The van der Waals surface area contributed by atoms with Crippen molar-refractivity contribution in [1.29, 1.82) is 0 Å². The number of rotatable bonds is 6. The Hall–Kier alpha value is -0.940. The molecule has 112 valence electrons. The molecular weight excluding hydrogens is 252 g/mol. The van der Waals surface area contributed by atoms with E-state index >= 15 is 0 Å². The highest BCUT2D eigenvalue weighted by molar-refractivity contribution is 5.14. The highest BCUT2D eigenvalue weighted by atomic mass is 16.3. The average Bonchev–Trinajstić information content (AvgIpc) is 2.39. The minimum absolute atomic E-state index is 0.224. The summed E-state index contributed by atoms with van der Waals surface area (Å²) in [4.78, 5) is 4.30. The normalized spacial score (nSPS) is 22.1. The van der Waals surface area contributed by atoms with E-state index in [1.807, 2.05) is 25.2 Å². The lowest BCUT2D eigenvalue weighted by atomic mass is 10.1. The third-order valence-electron chi connectivity index (χ3n) is 3.77. The minimum atomic E-state index is -0.367. The molecule has 1 saturated heterocycles. The second kappa shape index (κ2) is 7.74. The van der Waals surface area contributed by atoms with Gasteiger partial charge in [-0.3, -0.25) is 9.80 Å². The summed E-state index contributed by atoms with van der Waals surface area (Å²) in [5.41, 5.74) is 1.26. The molecule has 4 heteroatoms. The second-order valence-electron chi connectivity index (χ2n) is 5.89. The van der Waals surface area contributed by atoms with Gasteiger partial charge in [0.05, 0.1) is 12.2 Å². The fourth-order valence-electron chi connectivity index (χ4n) is 2.87. The first-order chi connectivity index (χ1) is 9.63. The van der Waals surface area contributed by atoms with Crippen LogP contribution in [0.2, 0.25) is 0 Å². The van der Waals surface area contributed by atoms with Crippen LogP contribution in [0.15, 0.2) is 30.3 Å². The van der Waals surface area contributed by atoms with Gasteiger partial charge < -0.3 is 10.2 Å². The molecule has 4 nitrogen and oxygen atoms in total. The molecule has 0 amide bonds. The highest BCUT2D eigenvalue weighted by Gasteiger charge is 2.20. The lowest BCUT2D eigenvalue weighted by molar-refractivity contribution is 0.0295. The van der Waals surface area contributed by atoms with Crippen LogP contribution in [0.4, 0.5) is 0 Å². The summed E-state index contributed by atoms with van der Waals surface area (Å²) in [6.07, 6.45) is 1.32. The maximum atomic E-state index is 10.2. The number of likely N-dealkylation sites (tertiary alicyclic amines) is 1. The van der Waals surface area contributed by atoms with E-state index in [1.54, 1.807) is 0 Å². The molecular formula is C16H26N2O2. The number of hydrogen-bond acceptors (Lipinski definition) is 4. The monoisotopic (exact) mass is 278 g/mol. The lowest BCUT2D eigenvalue weighted by Gasteiger charge is -2.32. The molecule has 1 fully saturated rings. The summed E-state index contributed by atoms with van der Waals surface area (Å²) < 4.78 is 0.